The molecule has 7 heteroatoms. The molecule has 16 heavy (non-hydrogen) atoms. The second-order valence-corrected chi connectivity index (χ2v) is 2.60. The molecule has 88 valence electrons. The largest absolute Gasteiger partial charge is 0.465 e. The molecule has 0 fully saturated rings. The lowest BCUT2D eigenvalue weighted by molar-refractivity contribution is -0.0529. The van der Waals surface area contributed by atoms with Crippen molar-refractivity contribution < 1.29 is 31.8 Å². The molecule has 0 aliphatic heterocycles. The van der Waals surface area contributed by atoms with Crippen molar-refractivity contribution in [3.8, 4) is 5.75 Å². The van der Waals surface area contributed by atoms with Crippen LogP contribution >= 0.6 is 0 Å². The van der Waals surface area contributed by atoms with Crippen LogP contribution in [0.25, 0.3) is 0 Å². The highest BCUT2D eigenvalue weighted by Gasteiger charge is 2.24. The van der Waals surface area contributed by atoms with Gasteiger partial charge in [0.2, 0.25) is 0 Å². The minimum atomic E-state index is -3.38. The Bertz CT molecular complexity index is 406. The summed E-state index contributed by atoms with van der Waals surface area (Å²) in [4.78, 5) is 11.0. The number of ether oxygens (including phenoxy) is 2. The maximum Gasteiger partial charge on any atom is 0.387 e. The molecule has 0 heterocycles. The van der Waals surface area contributed by atoms with Crippen molar-refractivity contribution in [2.24, 2.45) is 0 Å². The lowest BCUT2D eigenvalue weighted by Crippen LogP contribution is -2.12. The molecule has 0 spiro atoms. The highest BCUT2D eigenvalue weighted by molar-refractivity contribution is 5.92. The van der Waals surface area contributed by atoms with Gasteiger partial charge in [-0.25, -0.2) is 13.6 Å². The Balaban J connectivity index is 3.31. The van der Waals surface area contributed by atoms with Crippen LogP contribution in [0.15, 0.2) is 12.1 Å². The number of carbonyl (C=O) groups is 1. The molecule has 0 atom stereocenters. The molecule has 0 unspecified atom stereocenters. The zero-order valence-electron chi connectivity index (χ0n) is 7.97. The van der Waals surface area contributed by atoms with E-state index in [1.807, 2.05) is 0 Å². The van der Waals surface area contributed by atoms with Gasteiger partial charge in [0, 0.05) is 0 Å². The maximum absolute atomic E-state index is 13.1. The number of benzene rings is 1. The highest BCUT2D eigenvalue weighted by atomic mass is 19.3. The number of alkyl halides is 2. The van der Waals surface area contributed by atoms with E-state index in [1.165, 1.54) is 0 Å². The first kappa shape index (κ1) is 12.3. The van der Waals surface area contributed by atoms with Crippen molar-refractivity contribution in [3.63, 3.8) is 0 Å². The molecule has 0 amide bonds. The summed E-state index contributed by atoms with van der Waals surface area (Å²) in [7, 11) is 0.902. The molecule has 0 N–H and O–H groups in total. The van der Waals surface area contributed by atoms with Crippen LogP contribution in [0.3, 0.4) is 0 Å². The van der Waals surface area contributed by atoms with Gasteiger partial charge in [-0.1, -0.05) is 0 Å². The molecule has 0 saturated heterocycles. The van der Waals surface area contributed by atoms with E-state index >= 15 is 0 Å². The second-order valence-electron chi connectivity index (χ2n) is 2.60. The third kappa shape index (κ3) is 2.41. The zero-order valence-corrected chi connectivity index (χ0v) is 7.97. The van der Waals surface area contributed by atoms with Gasteiger partial charge in [-0.05, 0) is 12.1 Å². The highest BCUT2D eigenvalue weighted by Crippen LogP contribution is 2.27. The summed E-state index contributed by atoms with van der Waals surface area (Å²) in [5.41, 5.74) is -0.997. The van der Waals surface area contributed by atoms with Gasteiger partial charge in [-0.3, -0.25) is 0 Å². The van der Waals surface area contributed by atoms with Crippen LogP contribution in [0.5, 0.6) is 5.75 Å². The molecule has 0 bridgehead atoms. The molecule has 0 aliphatic rings. The first-order valence-electron chi connectivity index (χ1n) is 3.98. The van der Waals surface area contributed by atoms with Crippen molar-refractivity contribution in [3.05, 3.63) is 29.3 Å². The summed E-state index contributed by atoms with van der Waals surface area (Å²) in [5.74, 6) is -4.94. The number of carbonyl (C=O) groups excluding carboxylic acids is 1. The minimum absolute atomic E-state index is 0.569. The SMILES string of the molecule is COC(=O)c1c(F)ccc(F)c1OC(F)F. The lowest BCUT2D eigenvalue weighted by atomic mass is 10.2. The van der Waals surface area contributed by atoms with E-state index in [4.69, 9.17) is 0 Å². The van der Waals surface area contributed by atoms with Gasteiger partial charge in [0.15, 0.2) is 11.6 Å². The van der Waals surface area contributed by atoms with Crippen LogP contribution in [0, 0.1) is 11.6 Å². The number of esters is 1. The van der Waals surface area contributed by atoms with E-state index in [2.05, 4.69) is 9.47 Å². The molecule has 1 rings (SSSR count). The predicted molar refractivity (Wildman–Crippen MR) is 44.3 cm³/mol. The quantitative estimate of drug-likeness (QED) is 0.599. The molecular formula is C9H6F4O3. The number of halogens is 4. The van der Waals surface area contributed by atoms with E-state index in [-0.39, 0.29) is 0 Å². The number of hydrogen-bond acceptors (Lipinski definition) is 3. The van der Waals surface area contributed by atoms with Crippen LogP contribution in [0.4, 0.5) is 17.6 Å². The zero-order chi connectivity index (χ0) is 12.3. The normalized spacial score (nSPS) is 10.4. The molecular weight excluding hydrogens is 232 g/mol. The average Bonchev–Trinajstić information content (AvgIpc) is 2.22. The van der Waals surface area contributed by atoms with Gasteiger partial charge >= 0.3 is 12.6 Å². The van der Waals surface area contributed by atoms with E-state index < -0.39 is 35.5 Å². The van der Waals surface area contributed by atoms with Crippen molar-refractivity contribution in [1.29, 1.82) is 0 Å². The van der Waals surface area contributed by atoms with E-state index in [0.29, 0.717) is 12.1 Å². The van der Waals surface area contributed by atoms with Gasteiger partial charge in [-0.2, -0.15) is 8.78 Å². The monoisotopic (exact) mass is 238 g/mol. The van der Waals surface area contributed by atoms with Gasteiger partial charge in [0.1, 0.15) is 11.4 Å². The maximum atomic E-state index is 13.1. The number of rotatable bonds is 3. The van der Waals surface area contributed by atoms with Crippen LogP contribution in [-0.2, 0) is 4.74 Å². The van der Waals surface area contributed by atoms with Crippen molar-refractivity contribution in [2.45, 2.75) is 6.61 Å². The summed E-state index contributed by atoms with van der Waals surface area (Å²) in [6, 6.07) is 1.18. The molecule has 3 nitrogen and oxygen atoms in total. The molecule has 1 aromatic rings. The molecule has 1 aromatic carbocycles. The fourth-order valence-electron chi connectivity index (χ4n) is 1.03. The third-order valence-electron chi connectivity index (χ3n) is 1.66. The van der Waals surface area contributed by atoms with Gasteiger partial charge < -0.3 is 9.47 Å². The molecule has 0 radical (unpaired) electrons. The van der Waals surface area contributed by atoms with Crippen molar-refractivity contribution in [2.75, 3.05) is 7.11 Å². The smallest absolute Gasteiger partial charge is 0.387 e. The second kappa shape index (κ2) is 4.82. The van der Waals surface area contributed by atoms with Crippen LogP contribution in [0.2, 0.25) is 0 Å². The fourth-order valence-corrected chi connectivity index (χ4v) is 1.03. The van der Waals surface area contributed by atoms with Gasteiger partial charge in [-0.15, -0.1) is 0 Å². The Morgan fingerprint density at radius 2 is 1.81 bits per heavy atom. The Morgan fingerprint density at radius 1 is 1.25 bits per heavy atom. The standard InChI is InChI=1S/C9H6F4O3/c1-15-8(14)6-4(10)2-3-5(11)7(6)16-9(12)13/h2-3,9H,1H3. The summed E-state index contributed by atoms with van der Waals surface area (Å²) in [5, 5.41) is 0. The Labute approximate surface area is 87.6 Å². The van der Waals surface area contributed by atoms with Gasteiger partial charge in [0.05, 0.1) is 7.11 Å². The first-order valence-corrected chi connectivity index (χ1v) is 3.98. The van der Waals surface area contributed by atoms with Crippen LogP contribution in [-0.4, -0.2) is 19.7 Å². The average molecular weight is 238 g/mol. The molecule has 0 aliphatic carbocycles. The topological polar surface area (TPSA) is 35.5 Å². The first-order chi connectivity index (χ1) is 7.47. The Kier molecular flexibility index (Phi) is 3.70. The molecule has 0 aromatic heterocycles. The van der Waals surface area contributed by atoms with Crippen molar-refractivity contribution >= 4 is 5.97 Å². The lowest BCUT2D eigenvalue weighted by Gasteiger charge is -2.10. The fraction of sp³-hybridized carbons (Fsp3) is 0.222. The third-order valence-corrected chi connectivity index (χ3v) is 1.66. The Morgan fingerprint density at radius 3 is 2.31 bits per heavy atom. The Hall–Kier alpha value is -1.79. The summed E-state index contributed by atoms with van der Waals surface area (Å²) >= 11 is 0. The van der Waals surface area contributed by atoms with E-state index in [0.717, 1.165) is 7.11 Å². The summed E-state index contributed by atoms with van der Waals surface area (Å²) in [6.45, 7) is -3.38. The van der Waals surface area contributed by atoms with E-state index in [1.54, 1.807) is 0 Å². The predicted octanol–water partition coefficient (Wildman–Crippen LogP) is 2.35. The van der Waals surface area contributed by atoms with Gasteiger partial charge in [0.25, 0.3) is 0 Å². The van der Waals surface area contributed by atoms with Crippen LogP contribution in [0.1, 0.15) is 10.4 Å². The number of methoxy groups -OCH3 is 1. The summed E-state index contributed by atoms with van der Waals surface area (Å²) < 4.78 is 57.9. The molecule has 0 saturated carbocycles. The van der Waals surface area contributed by atoms with Crippen molar-refractivity contribution in [1.82, 2.24) is 0 Å². The van der Waals surface area contributed by atoms with E-state index in [9.17, 15) is 22.4 Å². The van der Waals surface area contributed by atoms with Crippen LogP contribution < -0.4 is 4.74 Å². The summed E-state index contributed by atoms with van der Waals surface area (Å²) in [6.07, 6.45) is 0. The number of hydrogen-bond donors (Lipinski definition) is 0. The minimum Gasteiger partial charge on any atom is -0.465 e.